The first-order valence-electron chi connectivity index (χ1n) is 4.68. The molecular formula is C10H17N3. The van der Waals surface area contributed by atoms with Crippen molar-refractivity contribution in [3.8, 4) is 0 Å². The van der Waals surface area contributed by atoms with Crippen molar-refractivity contribution in [2.45, 2.75) is 25.3 Å². The summed E-state index contributed by atoms with van der Waals surface area (Å²) in [4.78, 5) is 4.22. The first-order valence-corrected chi connectivity index (χ1v) is 4.68. The maximum absolute atomic E-state index is 5.90. The van der Waals surface area contributed by atoms with Gasteiger partial charge in [-0.3, -0.25) is 4.98 Å². The van der Waals surface area contributed by atoms with Crippen molar-refractivity contribution < 1.29 is 0 Å². The lowest BCUT2D eigenvalue weighted by Crippen LogP contribution is -2.24. The van der Waals surface area contributed by atoms with Crippen molar-refractivity contribution in [2.24, 2.45) is 11.5 Å². The lowest BCUT2D eigenvalue weighted by atomic mass is 10.1. The molecule has 72 valence electrons. The predicted octanol–water partition coefficient (Wildman–Crippen LogP) is 0.690. The van der Waals surface area contributed by atoms with E-state index in [-0.39, 0.29) is 6.04 Å². The highest BCUT2D eigenvalue weighted by molar-refractivity contribution is 5.04. The predicted molar refractivity (Wildman–Crippen MR) is 54.2 cm³/mol. The molecule has 3 nitrogen and oxygen atoms in total. The zero-order chi connectivity index (χ0) is 9.52. The smallest absolute Gasteiger partial charge is 0.0419 e. The molecule has 0 aliphatic heterocycles. The molecule has 0 radical (unpaired) electrons. The molecule has 4 N–H and O–H groups in total. The van der Waals surface area contributed by atoms with Crippen LogP contribution in [-0.4, -0.2) is 17.6 Å². The summed E-state index contributed by atoms with van der Waals surface area (Å²) in [5, 5.41) is 0. The number of pyridine rings is 1. The second kappa shape index (κ2) is 5.67. The summed E-state index contributed by atoms with van der Waals surface area (Å²) >= 11 is 0. The highest BCUT2D eigenvalue weighted by atomic mass is 14.7. The Labute approximate surface area is 79.2 Å². The lowest BCUT2D eigenvalue weighted by molar-refractivity contribution is 0.579. The zero-order valence-electron chi connectivity index (χ0n) is 7.82. The van der Waals surface area contributed by atoms with Crippen LogP contribution in [0.5, 0.6) is 0 Å². The normalized spacial score (nSPS) is 12.8. The monoisotopic (exact) mass is 179 g/mol. The lowest BCUT2D eigenvalue weighted by Gasteiger charge is -2.09. The summed E-state index contributed by atoms with van der Waals surface area (Å²) in [5.41, 5.74) is 12.4. The summed E-state index contributed by atoms with van der Waals surface area (Å²) in [6, 6.07) is 6.09. The molecule has 0 bridgehead atoms. The summed E-state index contributed by atoms with van der Waals surface area (Å²) in [6.45, 7) is 0.718. The van der Waals surface area contributed by atoms with Crippen molar-refractivity contribution in [3.63, 3.8) is 0 Å². The molecule has 1 aromatic heterocycles. The van der Waals surface area contributed by atoms with Crippen molar-refractivity contribution >= 4 is 0 Å². The molecule has 0 aromatic carbocycles. The van der Waals surface area contributed by atoms with E-state index in [9.17, 15) is 0 Å². The van der Waals surface area contributed by atoms with Gasteiger partial charge in [-0.05, 0) is 31.5 Å². The second-order valence-electron chi connectivity index (χ2n) is 3.22. The highest BCUT2D eigenvalue weighted by Gasteiger charge is 2.03. The van der Waals surface area contributed by atoms with Crippen LogP contribution in [-0.2, 0) is 6.42 Å². The van der Waals surface area contributed by atoms with Crippen LogP contribution in [0.15, 0.2) is 24.4 Å². The molecule has 0 spiro atoms. The molecule has 1 aromatic rings. The molecule has 1 heterocycles. The topological polar surface area (TPSA) is 64.9 Å². The Hall–Kier alpha value is -0.930. The minimum atomic E-state index is 0.193. The van der Waals surface area contributed by atoms with E-state index in [1.54, 1.807) is 6.20 Å². The Morgan fingerprint density at radius 3 is 2.85 bits per heavy atom. The van der Waals surface area contributed by atoms with Crippen LogP contribution in [0.1, 0.15) is 18.5 Å². The largest absolute Gasteiger partial charge is 0.330 e. The van der Waals surface area contributed by atoms with Gasteiger partial charge in [0.05, 0.1) is 0 Å². The van der Waals surface area contributed by atoms with E-state index in [4.69, 9.17) is 11.5 Å². The number of nitrogens with two attached hydrogens (primary N) is 2. The van der Waals surface area contributed by atoms with Gasteiger partial charge in [-0.15, -0.1) is 0 Å². The van der Waals surface area contributed by atoms with Crippen LogP contribution in [0.2, 0.25) is 0 Å². The average Bonchev–Trinajstić information content (AvgIpc) is 2.16. The third-order valence-electron chi connectivity index (χ3n) is 1.98. The number of nitrogens with zero attached hydrogens (tertiary/aromatic N) is 1. The second-order valence-corrected chi connectivity index (χ2v) is 3.22. The van der Waals surface area contributed by atoms with Crippen LogP contribution in [0.25, 0.3) is 0 Å². The van der Waals surface area contributed by atoms with E-state index in [1.807, 2.05) is 18.2 Å². The Morgan fingerprint density at radius 1 is 1.38 bits per heavy atom. The van der Waals surface area contributed by atoms with Gasteiger partial charge >= 0.3 is 0 Å². The van der Waals surface area contributed by atoms with Crippen molar-refractivity contribution in [3.05, 3.63) is 30.1 Å². The number of hydrogen-bond donors (Lipinski definition) is 2. The molecule has 0 amide bonds. The molecule has 13 heavy (non-hydrogen) atoms. The molecular weight excluding hydrogens is 162 g/mol. The number of aromatic nitrogens is 1. The van der Waals surface area contributed by atoms with E-state index in [2.05, 4.69) is 4.98 Å². The number of rotatable bonds is 5. The molecule has 0 aliphatic rings. The summed E-state index contributed by atoms with van der Waals surface area (Å²) in [5.74, 6) is 0. The molecule has 1 unspecified atom stereocenters. The zero-order valence-corrected chi connectivity index (χ0v) is 7.82. The SMILES string of the molecule is NCCCC(N)Cc1ccccn1. The van der Waals surface area contributed by atoms with Crippen molar-refractivity contribution in [2.75, 3.05) is 6.54 Å². The van der Waals surface area contributed by atoms with E-state index >= 15 is 0 Å². The first kappa shape index (κ1) is 10.2. The van der Waals surface area contributed by atoms with Crippen molar-refractivity contribution in [1.82, 2.24) is 4.98 Å². The summed E-state index contributed by atoms with van der Waals surface area (Å²) < 4.78 is 0. The number of hydrogen-bond acceptors (Lipinski definition) is 3. The third-order valence-corrected chi connectivity index (χ3v) is 1.98. The van der Waals surface area contributed by atoms with E-state index in [0.717, 1.165) is 31.5 Å². The van der Waals surface area contributed by atoms with Gasteiger partial charge in [-0.2, -0.15) is 0 Å². The fraction of sp³-hybridized carbons (Fsp3) is 0.500. The molecule has 0 fully saturated rings. The molecule has 1 atom stereocenters. The summed E-state index contributed by atoms with van der Waals surface area (Å²) in [6.07, 6.45) is 4.62. The quantitative estimate of drug-likeness (QED) is 0.699. The Kier molecular flexibility index (Phi) is 4.43. The maximum Gasteiger partial charge on any atom is 0.0419 e. The minimum absolute atomic E-state index is 0.193. The van der Waals surface area contributed by atoms with Gasteiger partial charge in [-0.25, -0.2) is 0 Å². The van der Waals surface area contributed by atoms with E-state index in [0.29, 0.717) is 0 Å². The fourth-order valence-electron chi connectivity index (χ4n) is 1.27. The van der Waals surface area contributed by atoms with Crippen LogP contribution in [0.4, 0.5) is 0 Å². The molecule has 0 saturated heterocycles. The molecule has 1 rings (SSSR count). The van der Waals surface area contributed by atoms with Gasteiger partial charge in [0.15, 0.2) is 0 Å². The molecule has 0 aliphatic carbocycles. The highest BCUT2D eigenvalue weighted by Crippen LogP contribution is 2.01. The van der Waals surface area contributed by atoms with Gasteiger partial charge < -0.3 is 11.5 Å². The first-order chi connectivity index (χ1) is 6.33. The van der Waals surface area contributed by atoms with E-state index < -0.39 is 0 Å². The average molecular weight is 179 g/mol. The van der Waals surface area contributed by atoms with Gasteiger partial charge in [-0.1, -0.05) is 6.07 Å². The van der Waals surface area contributed by atoms with E-state index in [1.165, 1.54) is 0 Å². The van der Waals surface area contributed by atoms with Crippen LogP contribution in [0, 0.1) is 0 Å². The van der Waals surface area contributed by atoms with Crippen LogP contribution in [0.3, 0.4) is 0 Å². The fourth-order valence-corrected chi connectivity index (χ4v) is 1.27. The standard InChI is InChI=1S/C10H17N3/c11-6-3-4-9(12)8-10-5-1-2-7-13-10/h1-2,5,7,9H,3-4,6,8,11-12H2. The third kappa shape index (κ3) is 4.01. The Morgan fingerprint density at radius 2 is 2.23 bits per heavy atom. The van der Waals surface area contributed by atoms with Gasteiger partial charge in [0, 0.05) is 24.4 Å². The van der Waals surface area contributed by atoms with Crippen LogP contribution < -0.4 is 11.5 Å². The van der Waals surface area contributed by atoms with Crippen LogP contribution >= 0.6 is 0 Å². The molecule has 3 heteroatoms. The minimum Gasteiger partial charge on any atom is -0.330 e. The van der Waals surface area contributed by atoms with Crippen molar-refractivity contribution in [1.29, 1.82) is 0 Å². The Balaban J connectivity index is 2.32. The molecule has 0 saturated carbocycles. The maximum atomic E-state index is 5.90. The van der Waals surface area contributed by atoms with Gasteiger partial charge in [0.25, 0.3) is 0 Å². The van der Waals surface area contributed by atoms with Gasteiger partial charge in [0.2, 0.25) is 0 Å². The summed E-state index contributed by atoms with van der Waals surface area (Å²) in [7, 11) is 0. The van der Waals surface area contributed by atoms with Gasteiger partial charge in [0.1, 0.15) is 0 Å². The Bertz CT molecular complexity index is 223.